The van der Waals surface area contributed by atoms with Crippen molar-refractivity contribution in [2.24, 2.45) is 17.3 Å². The molecule has 3 amide bonds. The SMILES string of the molecule is CC.CC.CC(=O)C1(COCCNC(=O)CCN2C(=O)CC(C(C)C)C2=O)CC1.[HH].[Y]. The van der Waals surface area contributed by atoms with Crippen LogP contribution in [0.2, 0.25) is 0 Å². The van der Waals surface area contributed by atoms with Gasteiger partial charge in [0.25, 0.3) is 0 Å². The van der Waals surface area contributed by atoms with E-state index < -0.39 is 0 Å². The minimum atomic E-state index is -0.284. The minimum Gasteiger partial charge on any atom is -0.379 e. The maximum Gasteiger partial charge on any atom is 0.233 e. The molecule has 8 heteroatoms. The van der Waals surface area contributed by atoms with Crippen LogP contribution in [-0.4, -0.2) is 54.7 Å². The maximum absolute atomic E-state index is 12.1. The summed E-state index contributed by atoms with van der Waals surface area (Å²) >= 11 is 0. The zero-order valence-electron chi connectivity index (χ0n) is 19.9. The van der Waals surface area contributed by atoms with Gasteiger partial charge in [-0.05, 0) is 25.7 Å². The molecule has 2 fully saturated rings. The Morgan fingerprint density at radius 1 is 1.20 bits per heavy atom. The van der Waals surface area contributed by atoms with E-state index in [1.165, 1.54) is 4.90 Å². The van der Waals surface area contributed by atoms with Crippen LogP contribution in [0.4, 0.5) is 0 Å². The average molecular weight is 503 g/mol. The molecule has 0 bridgehead atoms. The van der Waals surface area contributed by atoms with Crippen LogP contribution >= 0.6 is 0 Å². The summed E-state index contributed by atoms with van der Waals surface area (Å²) in [6.07, 6.45) is 2.09. The third kappa shape index (κ3) is 9.65. The van der Waals surface area contributed by atoms with Crippen LogP contribution in [-0.2, 0) is 56.6 Å². The molecule has 1 atom stereocenters. The summed E-state index contributed by atoms with van der Waals surface area (Å²) in [5, 5.41) is 2.71. The van der Waals surface area contributed by atoms with Crippen LogP contribution in [0.1, 0.15) is 75.6 Å². The molecule has 0 spiro atoms. The largest absolute Gasteiger partial charge is 0.379 e. The Labute approximate surface area is 208 Å². The fraction of sp³-hybridized carbons (Fsp3) is 0.818. The fourth-order valence-electron chi connectivity index (χ4n) is 3.05. The van der Waals surface area contributed by atoms with Crippen molar-refractivity contribution in [1.82, 2.24) is 10.2 Å². The van der Waals surface area contributed by atoms with Gasteiger partial charge in [-0.2, -0.15) is 0 Å². The first-order valence-electron chi connectivity index (χ1n) is 11.0. The van der Waals surface area contributed by atoms with Gasteiger partial charge >= 0.3 is 0 Å². The molecule has 1 saturated heterocycles. The number of Topliss-reactive ketones (excluding diaryl/α,β-unsaturated/α-hetero) is 1. The predicted molar refractivity (Wildman–Crippen MR) is 115 cm³/mol. The first-order chi connectivity index (χ1) is 13.8. The van der Waals surface area contributed by atoms with Crippen LogP contribution in [0.5, 0.6) is 0 Å². The number of amides is 3. The van der Waals surface area contributed by atoms with E-state index in [4.69, 9.17) is 4.74 Å². The molecule has 1 saturated carbocycles. The van der Waals surface area contributed by atoms with Gasteiger partial charge < -0.3 is 10.1 Å². The number of nitrogens with one attached hydrogen (secondary N) is 1. The van der Waals surface area contributed by atoms with Crippen molar-refractivity contribution >= 4 is 23.5 Å². The van der Waals surface area contributed by atoms with Crippen LogP contribution in [0.15, 0.2) is 0 Å². The molecule has 30 heavy (non-hydrogen) atoms. The number of hydrogen-bond donors (Lipinski definition) is 1. The van der Waals surface area contributed by atoms with E-state index in [-0.39, 0.29) is 94.3 Å². The Morgan fingerprint density at radius 2 is 1.77 bits per heavy atom. The number of imide groups is 1. The number of ether oxygens (including phenoxy) is 1. The molecule has 0 aromatic rings. The Hall–Kier alpha value is -0.656. The molecular weight excluding hydrogens is 461 g/mol. The normalized spacial score (nSPS) is 18.5. The average Bonchev–Trinajstić information content (AvgIpc) is 3.44. The molecule has 1 heterocycles. The Bertz CT molecular complexity index is 568. The van der Waals surface area contributed by atoms with Gasteiger partial charge in [0.1, 0.15) is 5.78 Å². The molecule has 173 valence electrons. The number of likely N-dealkylation sites (tertiary alicyclic amines) is 1. The number of carbonyl (C=O) groups excluding carboxylic acids is 4. The molecule has 1 aliphatic heterocycles. The summed E-state index contributed by atoms with van der Waals surface area (Å²) in [5.41, 5.74) is -0.284. The molecule has 0 aromatic carbocycles. The van der Waals surface area contributed by atoms with E-state index in [2.05, 4.69) is 5.32 Å². The number of hydrogen-bond acceptors (Lipinski definition) is 5. The summed E-state index contributed by atoms with van der Waals surface area (Å²) < 4.78 is 5.47. The zero-order chi connectivity index (χ0) is 22.6. The fourth-order valence-corrected chi connectivity index (χ4v) is 3.05. The molecule has 1 N–H and O–H groups in total. The molecule has 7 nitrogen and oxygen atoms in total. The van der Waals surface area contributed by atoms with E-state index in [1.807, 2.05) is 41.5 Å². The summed E-state index contributed by atoms with van der Waals surface area (Å²) in [7, 11) is 0. The Balaban J connectivity index is -0.00000123. The first kappa shape index (κ1) is 31.5. The van der Waals surface area contributed by atoms with Crippen molar-refractivity contribution in [2.45, 2.75) is 74.1 Å². The summed E-state index contributed by atoms with van der Waals surface area (Å²) in [5.74, 6) is -0.563. The molecule has 1 unspecified atom stereocenters. The van der Waals surface area contributed by atoms with E-state index in [0.717, 1.165) is 12.8 Å². The zero-order valence-corrected chi connectivity index (χ0v) is 22.7. The van der Waals surface area contributed by atoms with Gasteiger partial charge in [-0.3, -0.25) is 24.1 Å². The quantitative estimate of drug-likeness (QED) is 0.365. The Morgan fingerprint density at radius 3 is 2.20 bits per heavy atom. The van der Waals surface area contributed by atoms with Crippen molar-refractivity contribution in [1.29, 1.82) is 0 Å². The molecule has 2 rings (SSSR count). The van der Waals surface area contributed by atoms with E-state index in [9.17, 15) is 19.2 Å². The first-order valence-corrected chi connectivity index (χ1v) is 11.0. The van der Waals surface area contributed by atoms with Crippen molar-refractivity contribution in [2.75, 3.05) is 26.3 Å². The van der Waals surface area contributed by atoms with E-state index in [1.54, 1.807) is 6.92 Å². The molecule has 2 aliphatic rings. The molecule has 0 aromatic heterocycles. The third-order valence-corrected chi connectivity index (χ3v) is 5.19. The second-order valence-electron chi connectivity index (χ2n) is 7.43. The van der Waals surface area contributed by atoms with E-state index in [0.29, 0.717) is 19.8 Å². The van der Waals surface area contributed by atoms with Gasteiger partial charge in [-0.1, -0.05) is 41.5 Å². The monoisotopic (exact) mass is 503 g/mol. The predicted octanol–water partition coefficient (Wildman–Crippen LogP) is 3.21. The molecule has 1 radical (unpaired) electrons. The molecular formula is C22H42N2O5Y. The summed E-state index contributed by atoms with van der Waals surface area (Å²) in [6, 6.07) is 0. The smallest absolute Gasteiger partial charge is 0.233 e. The van der Waals surface area contributed by atoms with Crippen molar-refractivity contribution < 1.29 is 58.1 Å². The standard InChI is InChI=1S/C18H28N2O5.2C2H6.Y.H2/c1-12(2)14-10-16(23)20(17(14)24)8-4-15(22)19-7-9-25-11-18(5-6-18)13(3)21;2*1-2;;/h12,14H,4-11H2,1-3H3,(H,19,22);2*1-2H3;;1H. The van der Waals surface area contributed by atoms with Crippen LogP contribution < -0.4 is 5.32 Å². The van der Waals surface area contributed by atoms with Crippen LogP contribution in [0.3, 0.4) is 0 Å². The Kier molecular flexibility index (Phi) is 16.9. The second kappa shape index (κ2) is 16.0. The van der Waals surface area contributed by atoms with Crippen molar-refractivity contribution in [3.05, 3.63) is 0 Å². The van der Waals surface area contributed by atoms with Gasteiger partial charge in [0.15, 0.2) is 0 Å². The number of rotatable bonds is 10. The van der Waals surface area contributed by atoms with Crippen LogP contribution in [0.25, 0.3) is 0 Å². The number of ketones is 1. The van der Waals surface area contributed by atoms with Gasteiger partial charge in [0.2, 0.25) is 17.7 Å². The van der Waals surface area contributed by atoms with Gasteiger partial charge in [0, 0.05) is 66.0 Å². The second-order valence-corrected chi connectivity index (χ2v) is 7.43. The van der Waals surface area contributed by atoms with Crippen molar-refractivity contribution in [3.8, 4) is 0 Å². The number of carbonyl (C=O) groups is 4. The molecule has 1 aliphatic carbocycles. The van der Waals surface area contributed by atoms with E-state index >= 15 is 0 Å². The summed E-state index contributed by atoms with van der Waals surface area (Å²) in [6.45, 7) is 14.7. The van der Waals surface area contributed by atoms with Gasteiger partial charge in [0.05, 0.1) is 18.6 Å². The third-order valence-electron chi connectivity index (χ3n) is 5.19. The minimum absolute atomic E-state index is 0. The van der Waals surface area contributed by atoms with Crippen LogP contribution in [0, 0.1) is 17.3 Å². The van der Waals surface area contributed by atoms with Gasteiger partial charge in [-0.25, -0.2) is 0 Å². The maximum atomic E-state index is 12.1. The topological polar surface area (TPSA) is 92.8 Å². The van der Waals surface area contributed by atoms with Gasteiger partial charge in [-0.15, -0.1) is 0 Å². The number of nitrogens with zero attached hydrogens (tertiary/aromatic N) is 1. The van der Waals surface area contributed by atoms with Crippen molar-refractivity contribution in [3.63, 3.8) is 0 Å². The summed E-state index contributed by atoms with van der Waals surface area (Å²) in [4.78, 5) is 48.5.